The van der Waals surface area contributed by atoms with Gasteiger partial charge in [-0.2, -0.15) is 0 Å². The van der Waals surface area contributed by atoms with Crippen LogP contribution >= 0.6 is 0 Å². The molecule has 0 aromatic carbocycles. The summed E-state index contributed by atoms with van der Waals surface area (Å²) in [6.45, 7) is 16.1. The van der Waals surface area contributed by atoms with Gasteiger partial charge in [-0.3, -0.25) is 0 Å². The number of piperazine rings is 1. The van der Waals surface area contributed by atoms with Gasteiger partial charge in [-0.25, -0.2) is 4.79 Å². The first-order chi connectivity index (χ1) is 8.80. The van der Waals surface area contributed by atoms with Gasteiger partial charge in [0.25, 0.3) is 0 Å². The Bertz CT molecular complexity index is 298. The molecule has 1 N–H and O–H groups in total. The molecule has 1 aliphatic rings. The number of carbonyl (C=O) groups is 1. The molecule has 112 valence electrons. The Morgan fingerprint density at radius 3 is 2.42 bits per heavy atom. The summed E-state index contributed by atoms with van der Waals surface area (Å²) in [6.07, 6.45) is 1.07. The van der Waals surface area contributed by atoms with Gasteiger partial charge in [-0.1, -0.05) is 13.8 Å². The standard InChI is InChI=1S/C15H31N3O/c1-7-17(8-2)14(19)18-11-15(5,6)16-10-13(18)9-12(3)4/h12-13,16H,7-11H2,1-6H3. The molecule has 0 saturated carbocycles. The van der Waals surface area contributed by atoms with E-state index in [4.69, 9.17) is 0 Å². The Hall–Kier alpha value is -0.770. The monoisotopic (exact) mass is 269 g/mol. The van der Waals surface area contributed by atoms with E-state index in [1.54, 1.807) is 0 Å². The second-order valence-corrected chi connectivity index (χ2v) is 6.63. The Morgan fingerprint density at radius 1 is 1.37 bits per heavy atom. The molecule has 0 radical (unpaired) electrons. The molecule has 0 aromatic heterocycles. The first-order valence-corrected chi connectivity index (χ1v) is 7.61. The normalized spacial score (nSPS) is 22.7. The second-order valence-electron chi connectivity index (χ2n) is 6.63. The molecule has 1 atom stereocenters. The van der Waals surface area contributed by atoms with Crippen molar-refractivity contribution in [1.82, 2.24) is 15.1 Å². The number of nitrogens with one attached hydrogen (secondary N) is 1. The molecule has 4 heteroatoms. The highest BCUT2D eigenvalue weighted by atomic mass is 16.2. The van der Waals surface area contributed by atoms with Gasteiger partial charge in [-0.05, 0) is 40.0 Å². The van der Waals surface area contributed by atoms with E-state index in [0.29, 0.717) is 12.0 Å². The summed E-state index contributed by atoms with van der Waals surface area (Å²) < 4.78 is 0. The molecule has 1 rings (SSSR count). The van der Waals surface area contributed by atoms with Crippen LogP contribution in [-0.4, -0.2) is 53.6 Å². The van der Waals surface area contributed by atoms with Crippen molar-refractivity contribution in [2.75, 3.05) is 26.2 Å². The largest absolute Gasteiger partial charge is 0.325 e. The van der Waals surface area contributed by atoms with Crippen LogP contribution in [0.15, 0.2) is 0 Å². The molecule has 0 aliphatic carbocycles. The van der Waals surface area contributed by atoms with Crippen LogP contribution in [0.1, 0.15) is 48.0 Å². The highest BCUT2D eigenvalue weighted by molar-refractivity contribution is 5.75. The van der Waals surface area contributed by atoms with Crippen LogP contribution in [0.3, 0.4) is 0 Å². The van der Waals surface area contributed by atoms with E-state index in [2.05, 4.69) is 37.9 Å². The lowest BCUT2D eigenvalue weighted by molar-refractivity contribution is 0.0818. The van der Waals surface area contributed by atoms with Crippen LogP contribution < -0.4 is 5.32 Å². The molecule has 1 saturated heterocycles. The van der Waals surface area contributed by atoms with Crippen molar-refractivity contribution < 1.29 is 4.79 Å². The van der Waals surface area contributed by atoms with Gasteiger partial charge in [0.1, 0.15) is 0 Å². The molecule has 0 bridgehead atoms. The summed E-state index contributed by atoms with van der Waals surface area (Å²) in [5.41, 5.74) is 0.0102. The van der Waals surface area contributed by atoms with E-state index in [0.717, 1.165) is 32.6 Å². The molecule has 0 aromatic rings. The topological polar surface area (TPSA) is 35.6 Å². The van der Waals surface area contributed by atoms with Gasteiger partial charge in [-0.15, -0.1) is 0 Å². The van der Waals surface area contributed by atoms with Gasteiger partial charge in [0, 0.05) is 37.8 Å². The SMILES string of the molecule is CCN(CC)C(=O)N1CC(C)(C)NCC1CC(C)C. The third kappa shape index (κ3) is 4.37. The van der Waals surface area contributed by atoms with Crippen LogP contribution in [0, 0.1) is 5.92 Å². The zero-order valence-corrected chi connectivity index (χ0v) is 13.5. The average Bonchev–Trinajstić information content (AvgIpc) is 2.32. The third-order valence-corrected chi connectivity index (χ3v) is 3.85. The first kappa shape index (κ1) is 16.3. The van der Waals surface area contributed by atoms with Crippen molar-refractivity contribution in [2.45, 2.75) is 59.5 Å². The second kappa shape index (κ2) is 6.60. The number of hydrogen-bond acceptors (Lipinski definition) is 2. The number of urea groups is 1. The van der Waals surface area contributed by atoms with E-state index in [-0.39, 0.29) is 11.6 Å². The molecule has 1 heterocycles. The highest BCUT2D eigenvalue weighted by Crippen LogP contribution is 2.21. The van der Waals surface area contributed by atoms with Crippen LogP contribution in [0.5, 0.6) is 0 Å². The van der Waals surface area contributed by atoms with Crippen molar-refractivity contribution in [2.24, 2.45) is 5.92 Å². The number of nitrogens with zero attached hydrogens (tertiary/aromatic N) is 2. The van der Waals surface area contributed by atoms with Gasteiger partial charge in [0.15, 0.2) is 0 Å². The van der Waals surface area contributed by atoms with Crippen LogP contribution in [0.4, 0.5) is 4.79 Å². The first-order valence-electron chi connectivity index (χ1n) is 7.61. The maximum absolute atomic E-state index is 12.7. The van der Waals surface area contributed by atoms with E-state index in [1.807, 2.05) is 18.7 Å². The molecule has 19 heavy (non-hydrogen) atoms. The van der Waals surface area contributed by atoms with Gasteiger partial charge in [0.2, 0.25) is 0 Å². The smallest absolute Gasteiger partial charge is 0.320 e. The summed E-state index contributed by atoms with van der Waals surface area (Å²) >= 11 is 0. The minimum atomic E-state index is 0.0102. The number of carbonyl (C=O) groups excluding carboxylic acids is 1. The lowest BCUT2D eigenvalue weighted by atomic mass is 9.94. The molecular weight excluding hydrogens is 238 g/mol. The summed E-state index contributed by atoms with van der Waals surface area (Å²) in [4.78, 5) is 16.7. The van der Waals surface area contributed by atoms with Crippen molar-refractivity contribution in [1.29, 1.82) is 0 Å². The quantitative estimate of drug-likeness (QED) is 0.851. The maximum Gasteiger partial charge on any atom is 0.320 e. The number of rotatable bonds is 4. The van der Waals surface area contributed by atoms with Crippen molar-refractivity contribution >= 4 is 6.03 Å². The summed E-state index contributed by atoms with van der Waals surface area (Å²) in [7, 11) is 0. The average molecular weight is 269 g/mol. The van der Waals surface area contributed by atoms with Crippen molar-refractivity contribution in [3.05, 3.63) is 0 Å². The van der Waals surface area contributed by atoms with Crippen LogP contribution in [-0.2, 0) is 0 Å². The fraction of sp³-hybridized carbons (Fsp3) is 0.933. The van der Waals surface area contributed by atoms with Crippen molar-refractivity contribution in [3.63, 3.8) is 0 Å². The van der Waals surface area contributed by atoms with Crippen LogP contribution in [0.25, 0.3) is 0 Å². The lowest BCUT2D eigenvalue weighted by Crippen LogP contribution is -2.65. The Balaban J connectivity index is 2.84. The van der Waals surface area contributed by atoms with Gasteiger partial charge >= 0.3 is 6.03 Å². The molecular formula is C15H31N3O. The predicted molar refractivity (Wildman–Crippen MR) is 80.3 cm³/mol. The minimum absolute atomic E-state index is 0.0102. The van der Waals surface area contributed by atoms with Crippen molar-refractivity contribution in [3.8, 4) is 0 Å². The molecule has 0 spiro atoms. The fourth-order valence-corrected chi connectivity index (χ4v) is 2.77. The zero-order chi connectivity index (χ0) is 14.6. The fourth-order valence-electron chi connectivity index (χ4n) is 2.77. The summed E-state index contributed by atoms with van der Waals surface area (Å²) in [6, 6.07) is 0.520. The Labute approximate surface area is 118 Å². The van der Waals surface area contributed by atoms with E-state index in [1.165, 1.54) is 0 Å². The molecule has 1 unspecified atom stereocenters. The predicted octanol–water partition coefficient (Wildman–Crippen LogP) is 2.55. The third-order valence-electron chi connectivity index (χ3n) is 3.85. The van der Waals surface area contributed by atoms with E-state index < -0.39 is 0 Å². The van der Waals surface area contributed by atoms with Crippen LogP contribution in [0.2, 0.25) is 0 Å². The molecule has 4 nitrogen and oxygen atoms in total. The Morgan fingerprint density at radius 2 is 1.95 bits per heavy atom. The zero-order valence-electron chi connectivity index (χ0n) is 13.5. The summed E-state index contributed by atoms with van der Waals surface area (Å²) in [5.74, 6) is 0.611. The van der Waals surface area contributed by atoms with Gasteiger partial charge in [0.05, 0.1) is 0 Å². The van der Waals surface area contributed by atoms with E-state index >= 15 is 0 Å². The molecule has 1 fully saturated rings. The lowest BCUT2D eigenvalue weighted by Gasteiger charge is -2.46. The molecule has 1 aliphatic heterocycles. The number of amides is 2. The molecule has 2 amide bonds. The minimum Gasteiger partial charge on any atom is -0.325 e. The van der Waals surface area contributed by atoms with E-state index in [9.17, 15) is 4.79 Å². The Kier molecular flexibility index (Phi) is 5.65. The highest BCUT2D eigenvalue weighted by Gasteiger charge is 2.36. The van der Waals surface area contributed by atoms with Gasteiger partial charge < -0.3 is 15.1 Å². The maximum atomic E-state index is 12.7. The summed E-state index contributed by atoms with van der Waals surface area (Å²) in [5, 5.41) is 3.56. The number of hydrogen-bond donors (Lipinski definition) is 1.